The molecule has 1 rings (SSSR count). The van der Waals surface area contributed by atoms with Gasteiger partial charge in [0.25, 0.3) is 0 Å². The van der Waals surface area contributed by atoms with Crippen molar-refractivity contribution < 1.29 is 9.53 Å². The van der Waals surface area contributed by atoms with Crippen molar-refractivity contribution in [1.82, 2.24) is 0 Å². The molecule has 3 nitrogen and oxygen atoms in total. The Morgan fingerprint density at radius 3 is 2.62 bits per heavy atom. The smallest absolute Gasteiger partial charge is 0.332 e. The first kappa shape index (κ1) is 12.6. The minimum absolute atomic E-state index is 0.351. The summed E-state index contributed by atoms with van der Waals surface area (Å²) < 4.78 is 4.75. The van der Waals surface area contributed by atoms with E-state index in [4.69, 9.17) is 22.1 Å². The molecule has 2 N–H and O–H groups in total. The molecule has 1 aromatic carbocycles. The van der Waals surface area contributed by atoms with Crippen LogP contribution in [0.2, 0.25) is 5.02 Å². The molecule has 0 unspecified atom stereocenters. The second kappa shape index (κ2) is 6.18. The minimum atomic E-state index is -0.408. The van der Waals surface area contributed by atoms with E-state index in [1.54, 1.807) is 19.1 Å². The lowest BCUT2D eigenvalue weighted by Crippen LogP contribution is -2.07. The maximum atomic E-state index is 11.1. The van der Waals surface area contributed by atoms with Crippen LogP contribution in [-0.2, 0) is 16.0 Å². The van der Waals surface area contributed by atoms with Crippen LogP contribution in [0.1, 0.15) is 12.5 Å². The summed E-state index contributed by atoms with van der Waals surface area (Å²) in [5.41, 5.74) is 7.18. The molecule has 0 aliphatic rings. The number of allylic oxidation sites excluding steroid dienone is 1. The molecule has 0 spiro atoms. The largest absolute Gasteiger partial charge is 0.463 e. The fourth-order valence-corrected chi connectivity index (χ4v) is 1.35. The number of nitrogens with two attached hydrogens (primary N) is 1. The summed E-state index contributed by atoms with van der Waals surface area (Å²) in [5.74, 6) is -0.408. The fourth-order valence-electron chi connectivity index (χ4n) is 1.22. The fraction of sp³-hybridized carbons (Fsp3) is 0.250. The Labute approximate surface area is 99.8 Å². The monoisotopic (exact) mass is 239 g/mol. The number of carbonyl (C=O) groups excluding carboxylic acids is 1. The summed E-state index contributed by atoms with van der Waals surface area (Å²) in [4.78, 5) is 11.1. The molecular formula is C12H14ClNO2. The van der Waals surface area contributed by atoms with Crippen molar-refractivity contribution in [2.45, 2.75) is 13.3 Å². The van der Waals surface area contributed by atoms with Crippen LogP contribution >= 0.6 is 11.6 Å². The predicted octanol–water partition coefficient (Wildman–Crippen LogP) is 2.29. The van der Waals surface area contributed by atoms with Crippen molar-refractivity contribution in [3.8, 4) is 0 Å². The van der Waals surface area contributed by atoms with Crippen LogP contribution in [0.25, 0.3) is 0 Å². The normalized spacial score (nSPS) is 11.2. The number of hydrogen-bond donors (Lipinski definition) is 1. The number of benzene rings is 1. The molecule has 0 aliphatic heterocycles. The lowest BCUT2D eigenvalue weighted by molar-refractivity contribution is -0.137. The van der Waals surface area contributed by atoms with E-state index in [0.717, 1.165) is 5.56 Å². The minimum Gasteiger partial charge on any atom is -0.463 e. The van der Waals surface area contributed by atoms with E-state index in [9.17, 15) is 4.79 Å². The number of halogens is 1. The maximum Gasteiger partial charge on any atom is 0.332 e. The summed E-state index contributed by atoms with van der Waals surface area (Å²) in [6.45, 7) is 2.10. The number of rotatable bonds is 4. The number of hydrogen-bond acceptors (Lipinski definition) is 3. The van der Waals surface area contributed by atoms with Gasteiger partial charge in [-0.2, -0.15) is 0 Å². The Bertz CT molecular complexity index is 385. The molecule has 0 saturated carbocycles. The molecule has 0 radical (unpaired) electrons. The summed E-state index contributed by atoms with van der Waals surface area (Å²) >= 11 is 5.75. The van der Waals surface area contributed by atoms with E-state index < -0.39 is 5.97 Å². The van der Waals surface area contributed by atoms with E-state index in [2.05, 4.69) is 0 Å². The highest BCUT2D eigenvalue weighted by atomic mass is 35.5. The van der Waals surface area contributed by atoms with E-state index in [0.29, 0.717) is 23.7 Å². The molecule has 0 aromatic heterocycles. The predicted molar refractivity (Wildman–Crippen MR) is 64.1 cm³/mol. The third-order valence-electron chi connectivity index (χ3n) is 1.91. The van der Waals surface area contributed by atoms with Crippen molar-refractivity contribution >= 4 is 17.6 Å². The summed E-state index contributed by atoms with van der Waals surface area (Å²) in [7, 11) is 0. The molecule has 0 bridgehead atoms. The van der Waals surface area contributed by atoms with E-state index in [-0.39, 0.29) is 0 Å². The van der Waals surface area contributed by atoms with Gasteiger partial charge in [0.15, 0.2) is 0 Å². The van der Waals surface area contributed by atoms with Gasteiger partial charge >= 0.3 is 5.97 Å². The second-order valence-corrected chi connectivity index (χ2v) is 3.71. The van der Waals surface area contributed by atoms with E-state index in [1.807, 2.05) is 12.1 Å². The Kier molecular flexibility index (Phi) is 4.86. The van der Waals surface area contributed by atoms with Crippen LogP contribution in [-0.4, -0.2) is 12.6 Å². The Morgan fingerprint density at radius 1 is 1.44 bits per heavy atom. The van der Waals surface area contributed by atoms with Crippen molar-refractivity contribution in [2.75, 3.05) is 6.61 Å². The van der Waals surface area contributed by atoms with Crippen molar-refractivity contribution in [2.24, 2.45) is 5.73 Å². The molecule has 86 valence electrons. The highest BCUT2D eigenvalue weighted by Crippen LogP contribution is 2.11. The molecular weight excluding hydrogens is 226 g/mol. The Hall–Kier alpha value is -1.48. The third-order valence-corrected chi connectivity index (χ3v) is 2.16. The van der Waals surface area contributed by atoms with Gasteiger partial charge in [-0.15, -0.1) is 0 Å². The van der Waals surface area contributed by atoms with Crippen LogP contribution in [0, 0.1) is 0 Å². The van der Waals surface area contributed by atoms with Crippen LogP contribution < -0.4 is 5.73 Å². The molecule has 0 aliphatic carbocycles. The van der Waals surface area contributed by atoms with Gasteiger partial charge in [-0.25, -0.2) is 4.79 Å². The highest BCUT2D eigenvalue weighted by Gasteiger charge is 2.00. The zero-order chi connectivity index (χ0) is 12.0. The highest BCUT2D eigenvalue weighted by molar-refractivity contribution is 6.30. The SMILES string of the molecule is CCOC(=O)/C=C(\N)Cc1ccc(Cl)cc1. The average molecular weight is 240 g/mol. The molecule has 16 heavy (non-hydrogen) atoms. The zero-order valence-electron chi connectivity index (χ0n) is 9.07. The molecule has 1 aromatic rings. The number of carbonyl (C=O) groups is 1. The molecule has 0 fully saturated rings. The van der Waals surface area contributed by atoms with Gasteiger partial charge in [-0.1, -0.05) is 23.7 Å². The zero-order valence-corrected chi connectivity index (χ0v) is 9.83. The lowest BCUT2D eigenvalue weighted by atomic mass is 10.1. The number of ether oxygens (including phenoxy) is 1. The summed E-state index contributed by atoms with van der Waals surface area (Å²) in [6, 6.07) is 7.31. The van der Waals surface area contributed by atoms with Gasteiger partial charge in [0.1, 0.15) is 0 Å². The third kappa shape index (κ3) is 4.36. The van der Waals surface area contributed by atoms with Gasteiger partial charge in [-0.3, -0.25) is 0 Å². The van der Waals surface area contributed by atoms with Gasteiger partial charge in [0, 0.05) is 23.2 Å². The van der Waals surface area contributed by atoms with Gasteiger partial charge in [0.05, 0.1) is 6.61 Å². The first-order valence-corrected chi connectivity index (χ1v) is 5.37. The number of esters is 1. The van der Waals surface area contributed by atoms with Crippen molar-refractivity contribution in [3.63, 3.8) is 0 Å². The second-order valence-electron chi connectivity index (χ2n) is 3.27. The molecule has 0 saturated heterocycles. The molecule has 0 atom stereocenters. The van der Waals surface area contributed by atoms with Crippen LogP contribution in [0.5, 0.6) is 0 Å². The van der Waals surface area contributed by atoms with E-state index in [1.165, 1.54) is 6.08 Å². The standard InChI is InChI=1S/C12H14ClNO2/c1-2-16-12(15)8-11(14)7-9-3-5-10(13)6-4-9/h3-6,8H,2,7,14H2,1H3/b11-8-. The quantitative estimate of drug-likeness (QED) is 0.648. The summed E-state index contributed by atoms with van der Waals surface area (Å²) in [5, 5.41) is 0.677. The first-order valence-electron chi connectivity index (χ1n) is 4.99. The Morgan fingerprint density at radius 2 is 2.06 bits per heavy atom. The topological polar surface area (TPSA) is 52.3 Å². The molecule has 4 heteroatoms. The molecule has 0 heterocycles. The maximum absolute atomic E-state index is 11.1. The molecule has 0 amide bonds. The van der Waals surface area contributed by atoms with E-state index >= 15 is 0 Å². The summed E-state index contributed by atoms with van der Waals surface area (Å²) in [6.07, 6.45) is 1.81. The van der Waals surface area contributed by atoms with Gasteiger partial charge in [0.2, 0.25) is 0 Å². The average Bonchev–Trinajstić information content (AvgIpc) is 2.21. The first-order chi connectivity index (χ1) is 7.61. The van der Waals surface area contributed by atoms with Crippen LogP contribution in [0.3, 0.4) is 0 Å². The van der Waals surface area contributed by atoms with Gasteiger partial charge in [-0.05, 0) is 24.6 Å². The lowest BCUT2D eigenvalue weighted by Gasteiger charge is -2.02. The Balaban J connectivity index is 2.60. The van der Waals surface area contributed by atoms with Crippen molar-refractivity contribution in [3.05, 3.63) is 46.6 Å². The van der Waals surface area contributed by atoms with Crippen LogP contribution in [0.4, 0.5) is 0 Å². The van der Waals surface area contributed by atoms with Gasteiger partial charge < -0.3 is 10.5 Å². The van der Waals surface area contributed by atoms with Crippen molar-refractivity contribution in [1.29, 1.82) is 0 Å². The van der Waals surface area contributed by atoms with Crippen LogP contribution in [0.15, 0.2) is 36.0 Å².